The first kappa shape index (κ1) is 15.0. The van der Waals surface area contributed by atoms with Crippen LogP contribution in [0, 0.1) is 5.82 Å². The van der Waals surface area contributed by atoms with E-state index in [-0.39, 0.29) is 5.82 Å². The summed E-state index contributed by atoms with van der Waals surface area (Å²) in [6, 6.07) is 16.4. The van der Waals surface area contributed by atoms with Gasteiger partial charge in [-0.3, -0.25) is 4.90 Å². The Morgan fingerprint density at radius 2 is 1.55 bits per heavy atom. The zero-order valence-electron chi connectivity index (χ0n) is 12.5. The van der Waals surface area contributed by atoms with Crippen LogP contribution in [0.25, 0.3) is 0 Å². The van der Waals surface area contributed by atoms with Crippen molar-refractivity contribution < 1.29 is 9.50 Å². The average Bonchev–Trinajstić information content (AvgIpc) is 2.57. The fraction of sp³-hybridized carbons (Fsp3) is 0.333. The van der Waals surface area contributed by atoms with Crippen molar-refractivity contribution in [1.29, 1.82) is 0 Å². The molecule has 22 heavy (non-hydrogen) atoms. The number of benzene rings is 2. The highest BCUT2D eigenvalue weighted by molar-refractivity contribution is 5.46. The van der Waals surface area contributed by atoms with E-state index in [1.165, 1.54) is 12.1 Å². The Morgan fingerprint density at radius 1 is 0.909 bits per heavy atom. The summed E-state index contributed by atoms with van der Waals surface area (Å²) < 4.78 is 13.0. The van der Waals surface area contributed by atoms with Crippen LogP contribution >= 0.6 is 0 Å². The molecule has 0 bridgehead atoms. The second-order valence-electron chi connectivity index (χ2n) is 5.69. The lowest BCUT2D eigenvalue weighted by Gasteiger charge is -2.37. The third-order valence-electron chi connectivity index (χ3n) is 4.18. The van der Waals surface area contributed by atoms with Crippen molar-refractivity contribution in [2.45, 2.75) is 6.10 Å². The van der Waals surface area contributed by atoms with E-state index < -0.39 is 6.10 Å². The van der Waals surface area contributed by atoms with Crippen LogP contribution in [0.15, 0.2) is 54.6 Å². The maximum atomic E-state index is 13.0. The van der Waals surface area contributed by atoms with Crippen LogP contribution in [0.5, 0.6) is 0 Å². The lowest BCUT2D eigenvalue weighted by Crippen LogP contribution is -2.47. The molecule has 1 aliphatic rings. The van der Waals surface area contributed by atoms with E-state index in [0.29, 0.717) is 6.54 Å². The van der Waals surface area contributed by atoms with Crippen LogP contribution in [-0.4, -0.2) is 42.7 Å². The van der Waals surface area contributed by atoms with Crippen molar-refractivity contribution in [3.63, 3.8) is 0 Å². The summed E-state index contributed by atoms with van der Waals surface area (Å²) in [6.45, 7) is 4.25. The first-order chi connectivity index (χ1) is 10.7. The van der Waals surface area contributed by atoms with Crippen molar-refractivity contribution in [2.24, 2.45) is 0 Å². The van der Waals surface area contributed by atoms with E-state index in [2.05, 4.69) is 9.80 Å². The summed E-state index contributed by atoms with van der Waals surface area (Å²) in [5.41, 5.74) is 2.02. The fourth-order valence-corrected chi connectivity index (χ4v) is 2.87. The molecule has 0 aromatic heterocycles. The molecule has 2 aromatic carbocycles. The number of hydrogen-bond acceptors (Lipinski definition) is 3. The van der Waals surface area contributed by atoms with Crippen molar-refractivity contribution in [3.8, 4) is 0 Å². The molecule has 0 aliphatic carbocycles. The second-order valence-corrected chi connectivity index (χ2v) is 5.69. The van der Waals surface area contributed by atoms with E-state index in [1.54, 1.807) is 0 Å². The second kappa shape index (κ2) is 6.90. The minimum atomic E-state index is -0.446. The Hall–Kier alpha value is -1.91. The molecule has 0 radical (unpaired) electrons. The van der Waals surface area contributed by atoms with Gasteiger partial charge in [0, 0.05) is 38.4 Å². The zero-order valence-corrected chi connectivity index (χ0v) is 12.5. The van der Waals surface area contributed by atoms with Gasteiger partial charge >= 0.3 is 0 Å². The van der Waals surface area contributed by atoms with Crippen LogP contribution in [0.3, 0.4) is 0 Å². The minimum absolute atomic E-state index is 0.201. The zero-order chi connectivity index (χ0) is 15.4. The van der Waals surface area contributed by atoms with Gasteiger partial charge in [0.25, 0.3) is 0 Å². The van der Waals surface area contributed by atoms with Gasteiger partial charge in [-0.2, -0.15) is 0 Å². The van der Waals surface area contributed by atoms with Crippen LogP contribution in [0.1, 0.15) is 11.7 Å². The van der Waals surface area contributed by atoms with Crippen molar-refractivity contribution in [1.82, 2.24) is 4.90 Å². The molecular formula is C18H21FN2O. The molecule has 1 aliphatic heterocycles. The highest BCUT2D eigenvalue weighted by Gasteiger charge is 2.20. The Morgan fingerprint density at radius 3 is 2.18 bits per heavy atom. The molecule has 0 unspecified atom stereocenters. The topological polar surface area (TPSA) is 26.7 Å². The van der Waals surface area contributed by atoms with Crippen LogP contribution < -0.4 is 4.90 Å². The summed E-state index contributed by atoms with van der Waals surface area (Å²) in [7, 11) is 0. The van der Waals surface area contributed by atoms with E-state index in [1.807, 2.05) is 42.5 Å². The molecule has 1 atom stereocenters. The van der Waals surface area contributed by atoms with Crippen LogP contribution in [0.2, 0.25) is 0 Å². The third kappa shape index (κ3) is 3.64. The normalized spacial score (nSPS) is 17.5. The summed E-state index contributed by atoms with van der Waals surface area (Å²) in [6.07, 6.45) is -0.446. The largest absolute Gasteiger partial charge is 0.387 e. The molecule has 0 saturated carbocycles. The summed E-state index contributed by atoms with van der Waals surface area (Å²) in [5, 5.41) is 10.3. The number of halogens is 1. The first-order valence-corrected chi connectivity index (χ1v) is 7.68. The fourth-order valence-electron chi connectivity index (χ4n) is 2.87. The number of piperazine rings is 1. The molecular weight excluding hydrogens is 279 g/mol. The Labute approximate surface area is 130 Å². The van der Waals surface area contributed by atoms with Gasteiger partial charge in [-0.25, -0.2) is 4.39 Å². The molecule has 1 heterocycles. The number of nitrogens with zero attached hydrogens (tertiary/aromatic N) is 2. The van der Waals surface area contributed by atoms with Crippen LogP contribution in [-0.2, 0) is 0 Å². The molecule has 1 fully saturated rings. The summed E-state index contributed by atoms with van der Waals surface area (Å²) in [5.74, 6) is -0.201. The molecule has 0 spiro atoms. The molecule has 2 aromatic rings. The third-order valence-corrected chi connectivity index (χ3v) is 4.18. The van der Waals surface area contributed by atoms with Gasteiger partial charge in [-0.05, 0) is 29.8 Å². The number of aliphatic hydroxyl groups excluding tert-OH is 1. The van der Waals surface area contributed by atoms with Gasteiger partial charge in [0.2, 0.25) is 0 Å². The SMILES string of the molecule is O[C@@H](CN1CCN(c2ccc(F)cc2)CC1)c1ccccc1. The Bertz CT molecular complexity index is 580. The van der Waals surface area contributed by atoms with Gasteiger partial charge in [0.1, 0.15) is 5.82 Å². The van der Waals surface area contributed by atoms with Crippen molar-refractivity contribution >= 4 is 5.69 Å². The molecule has 1 N–H and O–H groups in total. The van der Waals surface area contributed by atoms with Gasteiger partial charge < -0.3 is 10.0 Å². The maximum absolute atomic E-state index is 13.0. The summed E-state index contributed by atoms with van der Waals surface area (Å²) >= 11 is 0. The van der Waals surface area contributed by atoms with Gasteiger partial charge in [-0.15, -0.1) is 0 Å². The molecule has 0 amide bonds. The van der Waals surface area contributed by atoms with E-state index in [0.717, 1.165) is 37.4 Å². The molecule has 1 saturated heterocycles. The quantitative estimate of drug-likeness (QED) is 0.940. The Kier molecular flexibility index (Phi) is 4.71. The Balaban J connectivity index is 1.52. The summed E-state index contributed by atoms with van der Waals surface area (Å²) in [4.78, 5) is 4.53. The number of aliphatic hydroxyl groups is 1. The molecule has 3 nitrogen and oxygen atoms in total. The predicted octanol–water partition coefficient (Wildman–Crippen LogP) is 2.68. The minimum Gasteiger partial charge on any atom is -0.387 e. The predicted molar refractivity (Wildman–Crippen MR) is 86.5 cm³/mol. The monoisotopic (exact) mass is 300 g/mol. The van der Waals surface area contributed by atoms with Crippen molar-refractivity contribution in [3.05, 3.63) is 66.0 Å². The highest BCUT2D eigenvalue weighted by Crippen LogP contribution is 2.19. The average molecular weight is 300 g/mol. The first-order valence-electron chi connectivity index (χ1n) is 7.68. The van der Waals surface area contributed by atoms with E-state index in [9.17, 15) is 9.50 Å². The van der Waals surface area contributed by atoms with Gasteiger partial charge in [0.05, 0.1) is 6.10 Å². The molecule has 116 valence electrons. The molecule has 4 heteroatoms. The van der Waals surface area contributed by atoms with Crippen LogP contribution in [0.4, 0.5) is 10.1 Å². The van der Waals surface area contributed by atoms with Crippen molar-refractivity contribution in [2.75, 3.05) is 37.6 Å². The lowest BCUT2D eigenvalue weighted by atomic mass is 10.1. The van der Waals surface area contributed by atoms with E-state index >= 15 is 0 Å². The lowest BCUT2D eigenvalue weighted by molar-refractivity contribution is 0.109. The number of hydrogen-bond donors (Lipinski definition) is 1. The highest BCUT2D eigenvalue weighted by atomic mass is 19.1. The van der Waals surface area contributed by atoms with E-state index in [4.69, 9.17) is 0 Å². The number of β-amino-alcohol motifs (C(OH)–C–C–N with tert-alkyl or cyclic N) is 1. The number of anilines is 1. The maximum Gasteiger partial charge on any atom is 0.123 e. The van der Waals surface area contributed by atoms with Gasteiger partial charge in [-0.1, -0.05) is 30.3 Å². The smallest absolute Gasteiger partial charge is 0.123 e. The number of rotatable bonds is 4. The molecule has 3 rings (SSSR count). The standard InChI is InChI=1S/C18H21FN2O/c19-16-6-8-17(9-7-16)21-12-10-20(11-13-21)14-18(22)15-4-2-1-3-5-15/h1-9,18,22H,10-14H2/t18-/m0/s1. The van der Waals surface area contributed by atoms with Gasteiger partial charge in [0.15, 0.2) is 0 Å².